The topological polar surface area (TPSA) is 0 Å². The third-order valence-electron chi connectivity index (χ3n) is 2.07. The van der Waals surface area contributed by atoms with E-state index in [2.05, 4.69) is 13.2 Å². The molecular weight excluding hydrogens is 215 g/mol. The van der Waals surface area contributed by atoms with Crippen molar-refractivity contribution < 1.29 is 0 Å². The smallest absolute Gasteiger partial charge is 0 e. The molecule has 0 aliphatic carbocycles. The second kappa shape index (κ2) is 10.1. The molecule has 0 N–H and O–H groups in total. The zero-order valence-electron chi connectivity index (χ0n) is 10.3. The van der Waals surface area contributed by atoms with Crippen molar-refractivity contribution in [1.82, 2.24) is 0 Å². The summed E-state index contributed by atoms with van der Waals surface area (Å²) in [6.45, 7) is 7.26. The first-order valence-electron chi connectivity index (χ1n) is 5.22. The van der Waals surface area contributed by atoms with E-state index in [-0.39, 0.29) is 29.6 Å². The molecule has 0 aliphatic rings. The molecule has 81 valence electrons. The second-order valence-corrected chi connectivity index (χ2v) is 3.23. The summed E-state index contributed by atoms with van der Waals surface area (Å²) in [5, 5.41) is 0. The van der Waals surface area contributed by atoms with Crippen LogP contribution in [0.4, 0.5) is 0 Å². The van der Waals surface area contributed by atoms with Crippen LogP contribution in [0.2, 0.25) is 0 Å². The number of rotatable bonds is 2. The fraction of sp³-hybridized carbons (Fsp3) is 0. The molecule has 0 bridgehead atoms. The number of benzene rings is 2. The van der Waals surface area contributed by atoms with Crippen LogP contribution in [0.25, 0.3) is 12.2 Å². The van der Waals surface area contributed by atoms with Gasteiger partial charge in [0.05, 0.1) is 0 Å². The summed E-state index contributed by atoms with van der Waals surface area (Å²) < 4.78 is 0. The van der Waals surface area contributed by atoms with E-state index in [9.17, 15) is 0 Å². The fourth-order valence-corrected chi connectivity index (χ4v) is 1.18. The Hall–Kier alpha value is -1.08. The van der Waals surface area contributed by atoms with E-state index >= 15 is 0 Å². The number of hydrogen-bond donors (Lipinski definition) is 0. The Kier molecular flexibility index (Phi) is 9.46. The summed E-state index contributed by atoms with van der Waals surface area (Å²) in [6.07, 6.45) is 3.67. The maximum Gasteiger partial charge on any atom is 0 e. The minimum atomic E-state index is 0. The van der Waals surface area contributed by atoms with E-state index in [0.29, 0.717) is 0 Å². The van der Waals surface area contributed by atoms with Gasteiger partial charge in [-0.1, -0.05) is 86.0 Å². The average Bonchev–Trinajstić information content (AvgIpc) is 2.41. The Labute approximate surface area is 126 Å². The van der Waals surface area contributed by atoms with Crippen LogP contribution < -0.4 is 0 Å². The van der Waals surface area contributed by atoms with Crippen LogP contribution in [-0.4, -0.2) is 29.6 Å². The van der Waals surface area contributed by atoms with Gasteiger partial charge in [0.15, 0.2) is 0 Å². The first kappa shape index (κ1) is 15.9. The van der Waals surface area contributed by atoms with E-state index in [1.54, 1.807) is 0 Å². The molecule has 2 rings (SSSR count). The van der Waals surface area contributed by atoms with Crippen LogP contribution >= 0.6 is 0 Å². The van der Waals surface area contributed by atoms with Gasteiger partial charge in [0, 0.05) is 29.6 Å². The van der Waals surface area contributed by atoms with Gasteiger partial charge >= 0.3 is 0 Å². The molecule has 2 aromatic carbocycles. The minimum absolute atomic E-state index is 0. The van der Waals surface area contributed by atoms with Gasteiger partial charge < -0.3 is 0 Å². The standard InChI is InChI=1S/2C8H8.Na/c2*1-2-8-6-4-3-5-7-8;/h2*2-7H,1H2;. The Morgan fingerprint density at radius 3 is 1.06 bits per heavy atom. The Bertz CT molecular complexity index is 374. The van der Waals surface area contributed by atoms with Crippen molar-refractivity contribution in [2.75, 3.05) is 0 Å². The van der Waals surface area contributed by atoms with E-state index in [0.717, 1.165) is 0 Å². The van der Waals surface area contributed by atoms with E-state index in [4.69, 9.17) is 0 Å². The molecule has 1 heteroatoms. The van der Waals surface area contributed by atoms with Crippen molar-refractivity contribution in [1.29, 1.82) is 0 Å². The molecule has 0 aromatic heterocycles. The first-order chi connectivity index (χ1) is 7.86. The van der Waals surface area contributed by atoms with Crippen molar-refractivity contribution in [2.24, 2.45) is 0 Å². The van der Waals surface area contributed by atoms with Crippen molar-refractivity contribution in [2.45, 2.75) is 0 Å². The monoisotopic (exact) mass is 231 g/mol. The van der Waals surface area contributed by atoms with Crippen LogP contribution in [0.1, 0.15) is 11.1 Å². The van der Waals surface area contributed by atoms with Crippen LogP contribution in [-0.2, 0) is 0 Å². The fourth-order valence-electron chi connectivity index (χ4n) is 1.18. The Morgan fingerprint density at radius 1 is 0.588 bits per heavy atom. The van der Waals surface area contributed by atoms with Gasteiger partial charge in [0.1, 0.15) is 0 Å². The van der Waals surface area contributed by atoms with Crippen LogP contribution in [0, 0.1) is 0 Å². The van der Waals surface area contributed by atoms with Gasteiger partial charge in [-0.15, -0.1) is 0 Å². The van der Waals surface area contributed by atoms with Gasteiger partial charge in [0.25, 0.3) is 0 Å². The third-order valence-corrected chi connectivity index (χ3v) is 2.07. The predicted octanol–water partition coefficient (Wildman–Crippen LogP) is 4.28. The molecular formula is C16H16Na. The summed E-state index contributed by atoms with van der Waals surface area (Å²) in [7, 11) is 0. The van der Waals surface area contributed by atoms with E-state index in [1.165, 1.54) is 11.1 Å². The average molecular weight is 231 g/mol. The van der Waals surface area contributed by atoms with Gasteiger partial charge in [-0.2, -0.15) is 0 Å². The Balaban J connectivity index is 0.000000284. The van der Waals surface area contributed by atoms with E-state index < -0.39 is 0 Å². The van der Waals surface area contributed by atoms with E-state index in [1.807, 2.05) is 72.8 Å². The largest absolute Gasteiger partial charge is 0.0985 e. The van der Waals surface area contributed by atoms with Gasteiger partial charge in [-0.3, -0.25) is 0 Å². The summed E-state index contributed by atoms with van der Waals surface area (Å²) in [6, 6.07) is 20.1. The van der Waals surface area contributed by atoms with Gasteiger partial charge in [-0.05, 0) is 11.1 Å². The molecule has 0 amide bonds. The normalized spacial score (nSPS) is 8.00. The molecule has 0 atom stereocenters. The first-order valence-corrected chi connectivity index (χ1v) is 5.22. The summed E-state index contributed by atoms with van der Waals surface area (Å²) in [5.74, 6) is 0. The van der Waals surface area contributed by atoms with Crippen molar-refractivity contribution >= 4 is 41.7 Å². The maximum absolute atomic E-state index is 3.63. The second-order valence-electron chi connectivity index (χ2n) is 3.23. The Morgan fingerprint density at radius 2 is 0.882 bits per heavy atom. The van der Waals surface area contributed by atoms with Crippen LogP contribution in [0.3, 0.4) is 0 Å². The van der Waals surface area contributed by atoms with Gasteiger partial charge in [-0.25, -0.2) is 0 Å². The molecule has 0 nitrogen and oxygen atoms in total. The van der Waals surface area contributed by atoms with Crippen LogP contribution in [0.5, 0.6) is 0 Å². The molecule has 17 heavy (non-hydrogen) atoms. The SMILES string of the molecule is C=Cc1ccccc1.C=Cc1ccccc1.[Na]. The van der Waals surface area contributed by atoms with Crippen molar-refractivity contribution in [3.63, 3.8) is 0 Å². The maximum atomic E-state index is 3.63. The van der Waals surface area contributed by atoms with Crippen LogP contribution in [0.15, 0.2) is 73.8 Å². The summed E-state index contributed by atoms with van der Waals surface area (Å²) >= 11 is 0. The molecule has 0 unspecified atom stereocenters. The molecule has 0 heterocycles. The zero-order chi connectivity index (χ0) is 11.6. The predicted molar refractivity (Wildman–Crippen MR) is 78.8 cm³/mol. The molecule has 0 fully saturated rings. The molecule has 2 aromatic rings. The summed E-state index contributed by atoms with van der Waals surface area (Å²) in [5.41, 5.74) is 2.35. The van der Waals surface area contributed by atoms with Crippen molar-refractivity contribution in [3.8, 4) is 0 Å². The van der Waals surface area contributed by atoms with Gasteiger partial charge in [0.2, 0.25) is 0 Å². The zero-order valence-corrected chi connectivity index (χ0v) is 12.3. The summed E-state index contributed by atoms with van der Waals surface area (Å²) in [4.78, 5) is 0. The minimum Gasteiger partial charge on any atom is -0.0985 e. The third kappa shape index (κ3) is 6.96. The molecule has 0 spiro atoms. The van der Waals surface area contributed by atoms with Crippen molar-refractivity contribution in [3.05, 3.63) is 84.9 Å². The molecule has 0 aliphatic heterocycles. The molecule has 1 radical (unpaired) electrons. The number of hydrogen-bond acceptors (Lipinski definition) is 0. The molecule has 0 saturated carbocycles. The molecule has 0 saturated heterocycles. The quantitative estimate of drug-likeness (QED) is 0.677.